The first-order valence-corrected chi connectivity index (χ1v) is 7.22. The summed E-state index contributed by atoms with van der Waals surface area (Å²) in [5, 5.41) is 10.5. The monoisotopic (exact) mass is 266 g/mol. The highest BCUT2D eigenvalue weighted by atomic mass is 16.7. The van der Waals surface area contributed by atoms with Crippen molar-refractivity contribution < 1.29 is 14.6 Å². The standard InChI is InChI=1S/C16H26O3/c1-10-6-5-7-11(2)9-14-15(13(17)8-10)12(3)16(18-4)19-14/h6,9,12-17H,5,7-8H2,1-4H3. The second kappa shape index (κ2) is 6.21. The number of hydrogen-bond donors (Lipinski definition) is 1. The van der Waals surface area contributed by atoms with Gasteiger partial charge in [0.25, 0.3) is 0 Å². The molecule has 19 heavy (non-hydrogen) atoms. The van der Waals surface area contributed by atoms with Gasteiger partial charge in [-0.05, 0) is 33.1 Å². The molecule has 0 aromatic carbocycles. The average Bonchev–Trinajstić information content (AvgIpc) is 2.64. The summed E-state index contributed by atoms with van der Waals surface area (Å²) in [6, 6.07) is 0. The fourth-order valence-electron chi connectivity index (χ4n) is 3.30. The molecule has 2 rings (SSSR count). The predicted molar refractivity (Wildman–Crippen MR) is 75.7 cm³/mol. The van der Waals surface area contributed by atoms with E-state index in [1.165, 1.54) is 11.1 Å². The Bertz CT molecular complexity index is 372. The molecule has 0 spiro atoms. The Morgan fingerprint density at radius 2 is 2.05 bits per heavy atom. The lowest BCUT2D eigenvalue weighted by Crippen LogP contribution is -2.32. The molecule has 3 nitrogen and oxygen atoms in total. The minimum absolute atomic E-state index is 0.0270. The van der Waals surface area contributed by atoms with Crippen LogP contribution in [-0.4, -0.2) is 30.7 Å². The first-order valence-electron chi connectivity index (χ1n) is 7.22. The van der Waals surface area contributed by atoms with E-state index in [0.29, 0.717) is 0 Å². The third-order valence-corrected chi connectivity index (χ3v) is 4.40. The SMILES string of the molecule is COC1OC2C=C(C)CCC=C(C)CC(O)C2C1C. The minimum Gasteiger partial charge on any atom is -0.392 e. The molecule has 1 aliphatic carbocycles. The maximum absolute atomic E-state index is 10.5. The number of fused-ring (bicyclic) bond motifs is 1. The number of methoxy groups -OCH3 is 1. The summed E-state index contributed by atoms with van der Waals surface area (Å²) in [4.78, 5) is 0. The molecule has 5 atom stereocenters. The van der Waals surface area contributed by atoms with Crippen molar-refractivity contribution in [2.75, 3.05) is 7.11 Å². The number of rotatable bonds is 1. The summed E-state index contributed by atoms with van der Waals surface area (Å²) in [5.41, 5.74) is 2.60. The summed E-state index contributed by atoms with van der Waals surface area (Å²) < 4.78 is 11.3. The molecule has 0 amide bonds. The largest absolute Gasteiger partial charge is 0.392 e. The number of aliphatic hydroxyl groups is 1. The molecular weight excluding hydrogens is 240 g/mol. The molecule has 108 valence electrons. The number of aliphatic hydroxyl groups excluding tert-OH is 1. The Morgan fingerprint density at radius 1 is 1.32 bits per heavy atom. The van der Waals surface area contributed by atoms with Crippen LogP contribution in [0.2, 0.25) is 0 Å². The zero-order valence-electron chi connectivity index (χ0n) is 12.4. The molecule has 1 saturated heterocycles. The van der Waals surface area contributed by atoms with Gasteiger partial charge in [0.15, 0.2) is 6.29 Å². The zero-order chi connectivity index (χ0) is 14.0. The van der Waals surface area contributed by atoms with Crippen LogP contribution in [0, 0.1) is 11.8 Å². The van der Waals surface area contributed by atoms with Gasteiger partial charge in [-0.15, -0.1) is 0 Å². The topological polar surface area (TPSA) is 38.7 Å². The lowest BCUT2D eigenvalue weighted by molar-refractivity contribution is -0.120. The Balaban J connectivity index is 2.27. The number of hydrogen-bond acceptors (Lipinski definition) is 3. The average molecular weight is 266 g/mol. The summed E-state index contributed by atoms with van der Waals surface area (Å²) in [6.45, 7) is 6.35. The van der Waals surface area contributed by atoms with E-state index in [9.17, 15) is 5.11 Å². The van der Waals surface area contributed by atoms with Crippen LogP contribution in [0.15, 0.2) is 23.3 Å². The van der Waals surface area contributed by atoms with Crippen LogP contribution in [0.1, 0.15) is 40.0 Å². The maximum atomic E-state index is 10.5. The second-order valence-corrected chi connectivity index (χ2v) is 6.01. The van der Waals surface area contributed by atoms with Crippen molar-refractivity contribution in [1.82, 2.24) is 0 Å². The Labute approximate surface area is 116 Å². The van der Waals surface area contributed by atoms with E-state index >= 15 is 0 Å². The predicted octanol–water partition coefficient (Wildman–Crippen LogP) is 3.05. The lowest BCUT2D eigenvalue weighted by atomic mass is 9.82. The van der Waals surface area contributed by atoms with Gasteiger partial charge in [-0.2, -0.15) is 0 Å². The molecule has 0 bridgehead atoms. The molecule has 0 radical (unpaired) electrons. The van der Waals surface area contributed by atoms with Crippen LogP contribution in [0.4, 0.5) is 0 Å². The van der Waals surface area contributed by atoms with Crippen LogP contribution < -0.4 is 0 Å². The van der Waals surface area contributed by atoms with E-state index < -0.39 is 0 Å². The van der Waals surface area contributed by atoms with Gasteiger partial charge >= 0.3 is 0 Å². The highest BCUT2D eigenvalue weighted by Crippen LogP contribution is 2.38. The van der Waals surface area contributed by atoms with E-state index in [-0.39, 0.29) is 30.3 Å². The third kappa shape index (κ3) is 3.28. The Hall–Kier alpha value is -0.640. The molecule has 1 N–H and O–H groups in total. The summed E-state index contributed by atoms with van der Waals surface area (Å²) in [5.74, 6) is 0.322. The van der Waals surface area contributed by atoms with Crippen molar-refractivity contribution in [3.8, 4) is 0 Å². The molecule has 1 aliphatic heterocycles. The Morgan fingerprint density at radius 3 is 2.74 bits per heavy atom. The van der Waals surface area contributed by atoms with Gasteiger partial charge in [-0.3, -0.25) is 0 Å². The quantitative estimate of drug-likeness (QED) is 0.741. The fourth-order valence-corrected chi connectivity index (χ4v) is 3.30. The van der Waals surface area contributed by atoms with Crippen LogP contribution in [0.5, 0.6) is 0 Å². The molecule has 5 unspecified atom stereocenters. The zero-order valence-corrected chi connectivity index (χ0v) is 12.4. The second-order valence-electron chi connectivity index (χ2n) is 6.01. The molecule has 3 heteroatoms. The molecular formula is C16H26O3. The molecule has 2 aliphatic rings. The summed E-state index contributed by atoms with van der Waals surface area (Å²) in [6.07, 6.45) is 6.66. The first-order chi connectivity index (χ1) is 9.02. The highest BCUT2D eigenvalue weighted by Gasteiger charge is 2.44. The van der Waals surface area contributed by atoms with Crippen LogP contribution in [0.25, 0.3) is 0 Å². The maximum Gasteiger partial charge on any atom is 0.161 e. The van der Waals surface area contributed by atoms with Gasteiger partial charge in [0, 0.05) is 18.9 Å². The molecule has 0 aromatic rings. The summed E-state index contributed by atoms with van der Waals surface area (Å²) in [7, 11) is 1.67. The van der Waals surface area contributed by atoms with E-state index in [2.05, 4.69) is 32.9 Å². The van der Waals surface area contributed by atoms with Gasteiger partial charge in [0.2, 0.25) is 0 Å². The van der Waals surface area contributed by atoms with Crippen LogP contribution >= 0.6 is 0 Å². The normalized spacial score (nSPS) is 40.4. The van der Waals surface area contributed by atoms with E-state index in [4.69, 9.17) is 9.47 Å². The van der Waals surface area contributed by atoms with Crippen molar-refractivity contribution in [2.45, 2.75) is 58.5 Å². The van der Waals surface area contributed by atoms with Gasteiger partial charge in [-0.1, -0.05) is 30.2 Å². The first kappa shape index (κ1) is 14.8. The van der Waals surface area contributed by atoms with Crippen molar-refractivity contribution in [1.29, 1.82) is 0 Å². The van der Waals surface area contributed by atoms with E-state index in [1.807, 2.05) is 0 Å². The molecule has 0 aromatic heterocycles. The third-order valence-electron chi connectivity index (χ3n) is 4.40. The van der Waals surface area contributed by atoms with E-state index in [1.54, 1.807) is 7.11 Å². The Kier molecular flexibility index (Phi) is 4.82. The van der Waals surface area contributed by atoms with Gasteiger partial charge in [-0.25, -0.2) is 0 Å². The minimum atomic E-state index is -0.362. The van der Waals surface area contributed by atoms with Crippen LogP contribution in [0.3, 0.4) is 0 Å². The summed E-state index contributed by atoms with van der Waals surface area (Å²) >= 11 is 0. The number of ether oxygens (including phenoxy) is 2. The molecule has 0 saturated carbocycles. The van der Waals surface area contributed by atoms with Gasteiger partial charge in [0.05, 0.1) is 12.2 Å². The smallest absolute Gasteiger partial charge is 0.161 e. The highest BCUT2D eigenvalue weighted by molar-refractivity contribution is 5.12. The van der Waals surface area contributed by atoms with Gasteiger partial charge < -0.3 is 14.6 Å². The van der Waals surface area contributed by atoms with Crippen molar-refractivity contribution >= 4 is 0 Å². The lowest BCUT2D eigenvalue weighted by Gasteiger charge is -2.26. The van der Waals surface area contributed by atoms with Gasteiger partial charge in [0.1, 0.15) is 0 Å². The molecule has 1 fully saturated rings. The van der Waals surface area contributed by atoms with E-state index in [0.717, 1.165) is 19.3 Å². The molecule has 1 heterocycles. The fraction of sp³-hybridized carbons (Fsp3) is 0.750. The van der Waals surface area contributed by atoms with Crippen molar-refractivity contribution in [2.24, 2.45) is 11.8 Å². The van der Waals surface area contributed by atoms with Crippen molar-refractivity contribution in [3.05, 3.63) is 23.3 Å². The van der Waals surface area contributed by atoms with Crippen LogP contribution in [-0.2, 0) is 9.47 Å². The van der Waals surface area contributed by atoms with Crippen molar-refractivity contribution in [3.63, 3.8) is 0 Å². The number of allylic oxidation sites excluding steroid dienone is 2.